The first-order valence-electron chi connectivity index (χ1n) is 10.1. The lowest BCUT2D eigenvalue weighted by atomic mass is 9.85. The van der Waals surface area contributed by atoms with E-state index in [2.05, 4.69) is 10.6 Å². The van der Waals surface area contributed by atoms with Gasteiger partial charge in [-0.05, 0) is 60.6 Å². The Morgan fingerprint density at radius 1 is 1.27 bits per heavy atom. The normalized spacial score (nSPS) is 16.5. The van der Waals surface area contributed by atoms with E-state index in [0.717, 1.165) is 24.7 Å². The summed E-state index contributed by atoms with van der Waals surface area (Å²) >= 11 is 0. The summed E-state index contributed by atoms with van der Waals surface area (Å²) in [5, 5.41) is 7.13. The molecule has 2 aromatic carbocycles. The third-order valence-corrected chi connectivity index (χ3v) is 5.78. The summed E-state index contributed by atoms with van der Waals surface area (Å²) < 4.78 is 28.4. The molecule has 1 N–H and O–H groups in total. The molecule has 4 rings (SSSR count). The molecule has 1 atom stereocenters. The van der Waals surface area contributed by atoms with Crippen LogP contribution >= 0.6 is 0 Å². The lowest BCUT2D eigenvalue weighted by Gasteiger charge is -2.25. The van der Waals surface area contributed by atoms with Gasteiger partial charge in [0, 0.05) is 29.3 Å². The molecule has 1 amide bonds. The molecule has 30 heavy (non-hydrogen) atoms. The van der Waals surface area contributed by atoms with Crippen LogP contribution in [0.1, 0.15) is 66.3 Å². The van der Waals surface area contributed by atoms with Crippen molar-refractivity contribution in [1.82, 2.24) is 10.6 Å². The van der Waals surface area contributed by atoms with E-state index in [9.17, 15) is 18.4 Å². The minimum absolute atomic E-state index is 0.123. The van der Waals surface area contributed by atoms with Crippen LogP contribution in [-0.2, 0) is 22.7 Å². The highest BCUT2D eigenvalue weighted by Crippen LogP contribution is 2.40. The monoisotopic (exact) mass is 409 g/mol. The maximum absolute atomic E-state index is 14.5. The number of aldehydes is 1. The summed E-state index contributed by atoms with van der Waals surface area (Å²) in [4.78, 5) is 24.5. The second-order valence-electron chi connectivity index (χ2n) is 8.04. The van der Waals surface area contributed by atoms with Gasteiger partial charge in [0.05, 0.1) is 12.1 Å². The standard InChI is InChI=1S/C24H23F2N2O2/c1-13(12-29)19-5-6-21(26)20-11-27-14(2)22(23(19)20)24(30)28-10-15-7-17(16-3-4-16)9-18(25)8-15/h5-9,12-13,16H,3-4,10-11H2,1-2H3,(H,28,30). The van der Waals surface area contributed by atoms with Crippen molar-refractivity contribution < 1.29 is 18.4 Å². The van der Waals surface area contributed by atoms with Gasteiger partial charge in [-0.25, -0.2) is 8.78 Å². The molecule has 0 bridgehead atoms. The quantitative estimate of drug-likeness (QED) is 0.723. The number of fused-ring (bicyclic) bond motifs is 1. The number of benzene rings is 2. The minimum Gasteiger partial charge on any atom is -0.348 e. The molecule has 1 aliphatic heterocycles. The van der Waals surface area contributed by atoms with Gasteiger partial charge in [0.25, 0.3) is 5.91 Å². The number of hydrogen-bond acceptors (Lipinski definition) is 2. The van der Waals surface area contributed by atoms with E-state index in [-0.39, 0.29) is 24.5 Å². The van der Waals surface area contributed by atoms with E-state index < -0.39 is 17.6 Å². The number of carbonyl (C=O) groups is 2. The van der Waals surface area contributed by atoms with E-state index in [0.29, 0.717) is 33.9 Å². The predicted molar refractivity (Wildman–Crippen MR) is 110 cm³/mol. The summed E-state index contributed by atoms with van der Waals surface area (Å²) in [5.74, 6) is -1.27. The average Bonchev–Trinajstić information content (AvgIpc) is 3.57. The van der Waals surface area contributed by atoms with Crippen molar-refractivity contribution in [2.75, 3.05) is 0 Å². The maximum Gasteiger partial charge on any atom is 0.254 e. The Morgan fingerprint density at radius 3 is 2.73 bits per heavy atom. The molecule has 1 fully saturated rings. The Morgan fingerprint density at radius 2 is 2.03 bits per heavy atom. The van der Waals surface area contributed by atoms with Crippen LogP contribution in [-0.4, -0.2) is 12.2 Å². The van der Waals surface area contributed by atoms with Crippen molar-refractivity contribution >= 4 is 17.8 Å². The smallest absolute Gasteiger partial charge is 0.254 e. The number of nitrogens with zero attached hydrogens (tertiary/aromatic N) is 1. The van der Waals surface area contributed by atoms with Crippen LogP contribution in [0.3, 0.4) is 0 Å². The van der Waals surface area contributed by atoms with Gasteiger partial charge in [-0.15, -0.1) is 0 Å². The van der Waals surface area contributed by atoms with E-state index in [1.54, 1.807) is 26.0 Å². The van der Waals surface area contributed by atoms with Crippen molar-refractivity contribution in [2.24, 2.45) is 0 Å². The molecular weight excluding hydrogens is 386 g/mol. The van der Waals surface area contributed by atoms with E-state index >= 15 is 0 Å². The van der Waals surface area contributed by atoms with E-state index in [1.807, 2.05) is 6.07 Å². The fourth-order valence-corrected chi connectivity index (χ4v) is 3.98. The third kappa shape index (κ3) is 3.86. The fraction of sp³-hybridized carbons (Fsp3) is 0.333. The Labute approximate surface area is 174 Å². The molecule has 155 valence electrons. The summed E-state index contributed by atoms with van der Waals surface area (Å²) in [7, 11) is 0. The van der Waals surface area contributed by atoms with Crippen molar-refractivity contribution in [3.63, 3.8) is 0 Å². The number of rotatable bonds is 6. The zero-order chi connectivity index (χ0) is 21.4. The molecule has 1 aliphatic carbocycles. The molecule has 1 heterocycles. The van der Waals surface area contributed by atoms with Gasteiger partial charge in [-0.2, -0.15) is 0 Å². The summed E-state index contributed by atoms with van der Waals surface area (Å²) in [6.07, 6.45) is 2.89. The Balaban J connectivity index is 1.64. The molecule has 1 unspecified atom stereocenters. The minimum atomic E-state index is -0.489. The third-order valence-electron chi connectivity index (χ3n) is 5.78. The van der Waals surface area contributed by atoms with Crippen LogP contribution in [0.5, 0.6) is 0 Å². The van der Waals surface area contributed by atoms with Crippen LogP contribution in [0.15, 0.2) is 36.0 Å². The topological polar surface area (TPSA) is 60.3 Å². The zero-order valence-corrected chi connectivity index (χ0v) is 17.0. The Hall–Kier alpha value is -3.02. The lowest BCUT2D eigenvalue weighted by molar-refractivity contribution is -0.116. The number of hydrogen-bond donors (Lipinski definition) is 1. The van der Waals surface area contributed by atoms with Crippen molar-refractivity contribution in [3.05, 3.63) is 75.5 Å². The molecule has 0 saturated heterocycles. The molecule has 2 aliphatic rings. The van der Waals surface area contributed by atoms with Gasteiger partial charge < -0.3 is 10.1 Å². The highest BCUT2D eigenvalue weighted by Gasteiger charge is 2.30. The molecule has 0 spiro atoms. The van der Waals surface area contributed by atoms with E-state index in [4.69, 9.17) is 0 Å². The molecular formula is C24H23F2N2O2. The van der Waals surface area contributed by atoms with Crippen LogP contribution in [0, 0.1) is 11.6 Å². The Bertz CT molecular complexity index is 1060. The maximum atomic E-state index is 14.5. The van der Waals surface area contributed by atoms with Crippen LogP contribution in [0.25, 0.3) is 5.57 Å². The number of carbonyl (C=O) groups excluding carboxylic acids is 2. The molecule has 1 saturated carbocycles. The second-order valence-corrected chi connectivity index (χ2v) is 8.04. The SMILES string of the molecule is CC1=C(C(=O)NCc2cc(F)cc(C3CC3)c2)c2c(C(C)C=O)ccc(F)c2C[N]1. The summed E-state index contributed by atoms with van der Waals surface area (Å²) in [6.45, 7) is 3.68. The van der Waals surface area contributed by atoms with Crippen molar-refractivity contribution in [3.8, 4) is 0 Å². The van der Waals surface area contributed by atoms with Crippen LogP contribution in [0.2, 0.25) is 0 Å². The zero-order valence-electron chi connectivity index (χ0n) is 17.0. The molecule has 6 heteroatoms. The van der Waals surface area contributed by atoms with Gasteiger partial charge in [-0.1, -0.05) is 19.1 Å². The Kier molecular flexibility index (Phi) is 5.41. The van der Waals surface area contributed by atoms with Crippen LogP contribution in [0.4, 0.5) is 8.78 Å². The predicted octanol–water partition coefficient (Wildman–Crippen LogP) is 4.31. The molecule has 2 aromatic rings. The number of halogens is 2. The molecule has 4 nitrogen and oxygen atoms in total. The first-order chi connectivity index (χ1) is 14.4. The van der Waals surface area contributed by atoms with Crippen molar-refractivity contribution in [2.45, 2.75) is 51.6 Å². The van der Waals surface area contributed by atoms with Gasteiger partial charge in [0.1, 0.15) is 17.9 Å². The van der Waals surface area contributed by atoms with Crippen molar-refractivity contribution in [1.29, 1.82) is 0 Å². The second kappa shape index (κ2) is 8.01. The fourth-order valence-electron chi connectivity index (χ4n) is 3.98. The first kappa shape index (κ1) is 20.3. The summed E-state index contributed by atoms with van der Waals surface area (Å²) in [5.41, 5.74) is 3.74. The summed E-state index contributed by atoms with van der Waals surface area (Å²) in [6, 6.07) is 7.73. The molecule has 0 aromatic heterocycles. The number of amides is 1. The van der Waals surface area contributed by atoms with Gasteiger partial charge >= 0.3 is 0 Å². The largest absolute Gasteiger partial charge is 0.348 e. The van der Waals surface area contributed by atoms with Gasteiger partial charge in [-0.3, -0.25) is 10.1 Å². The van der Waals surface area contributed by atoms with Gasteiger partial charge in [0.2, 0.25) is 0 Å². The number of allylic oxidation sites excluding steroid dienone is 1. The highest BCUT2D eigenvalue weighted by molar-refractivity contribution is 6.21. The lowest BCUT2D eigenvalue weighted by Crippen LogP contribution is -2.29. The van der Waals surface area contributed by atoms with Gasteiger partial charge in [0.15, 0.2) is 0 Å². The number of nitrogens with one attached hydrogen (secondary N) is 1. The average molecular weight is 409 g/mol. The van der Waals surface area contributed by atoms with E-state index in [1.165, 1.54) is 12.1 Å². The molecule has 1 radical (unpaired) electrons. The highest BCUT2D eigenvalue weighted by atomic mass is 19.1. The van der Waals surface area contributed by atoms with Crippen LogP contribution < -0.4 is 10.6 Å². The first-order valence-corrected chi connectivity index (χ1v) is 10.1.